The summed E-state index contributed by atoms with van der Waals surface area (Å²) in [6.07, 6.45) is 0. The molecule has 2 heterocycles. The number of para-hydroxylation sites is 1. The molecule has 30 heavy (non-hydrogen) atoms. The van der Waals surface area contributed by atoms with Gasteiger partial charge < -0.3 is 4.90 Å². The first-order valence-electron chi connectivity index (χ1n) is 9.29. The maximum absolute atomic E-state index is 14.2. The number of fused-ring (bicyclic) bond motifs is 1. The number of amides is 1. The molecule has 0 radical (unpaired) electrons. The summed E-state index contributed by atoms with van der Waals surface area (Å²) in [6, 6.07) is 16.8. The Kier molecular flexibility index (Phi) is 5.62. The molecule has 0 fully saturated rings. The molecule has 0 saturated heterocycles. The Bertz CT molecular complexity index is 1260. The number of hydrogen-bond donors (Lipinski definition) is 1. The highest BCUT2D eigenvalue weighted by molar-refractivity contribution is 7.99. The standard InChI is InChI=1S/C21H18FN5O2S/c1-2-26(14-8-4-3-5-9-14)19(29)13-30-21-24-20(15-10-6-7-11-16(15)22)23-17-12-18(28)25-27(17)21/h3-12H,2,13H2,1H3,(H,25,28). The van der Waals surface area contributed by atoms with Crippen molar-refractivity contribution in [1.82, 2.24) is 19.6 Å². The minimum Gasteiger partial charge on any atom is -0.312 e. The lowest BCUT2D eigenvalue weighted by Crippen LogP contribution is -2.32. The smallest absolute Gasteiger partial charge is 0.266 e. The first-order valence-corrected chi connectivity index (χ1v) is 10.3. The second-order valence-electron chi connectivity index (χ2n) is 6.39. The first-order chi connectivity index (χ1) is 14.6. The minimum atomic E-state index is -0.465. The van der Waals surface area contributed by atoms with Gasteiger partial charge >= 0.3 is 0 Å². The summed E-state index contributed by atoms with van der Waals surface area (Å²) < 4.78 is 15.6. The second-order valence-corrected chi connectivity index (χ2v) is 7.33. The third kappa shape index (κ3) is 3.97. The fourth-order valence-electron chi connectivity index (χ4n) is 3.06. The normalized spacial score (nSPS) is 11.0. The molecule has 0 bridgehead atoms. The molecule has 0 aliphatic carbocycles. The van der Waals surface area contributed by atoms with Gasteiger partial charge in [0.1, 0.15) is 5.82 Å². The van der Waals surface area contributed by atoms with Gasteiger partial charge in [-0.3, -0.25) is 14.7 Å². The Morgan fingerprint density at radius 2 is 1.87 bits per heavy atom. The zero-order valence-electron chi connectivity index (χ0n) is 16.1. The van der Waals surface area contributed by atoms with Crippen LogP contribution in [0.15, 0.2) is 70.6 Å². The van der Waals surface area contributed by atoms with Crippen molar-refractivity contribution in [2.75, 3.05) is 17.2 Å². The van der Waals surface area contributed by atoms with Crippen LogP contribution in [0.5, 0.6) is 0 Å². The Morgan fingerprint density at radius 1 is 1.13 bits per heavy atom. The first kappa shape index (κ1) is 19.8. The lowest BCUT2D eigenvalue weighted by atomic mass is 10.2. The van der Waals surface area contributed by atoms with Crippen molar-refractivity contribution in [3.05, 3.63) is 76.8 Å². The highest BCUT2D eigenvalue weighted by atomic mass is 32.2. The van der Waals surface area contributed by atoms with Gasteiger partial charge in [-0.1, -0.05) is 42.1 Å². The maximum Gasteiger partial charge on any atom is 0.266 e. The van der Waals surface area contributed by atoms with Crippen LogP contribution in [0.2, 0.25) is 0 Å². The topological polar surface area (TPSA) is 83.4 Å². The molecule has 0 atom stereocenters. The fraction of sp³-hybridized carbons (Fsp3) is 0.143. The number of aromatic amines is 1. The Balaban J connectivity index is 1.66. The summed E-state index contributed by atoms with van der Waals surface area (Å²) in [5.74, 6) is -0.334. The van der Waals surface area contributed by atoms with Crippen molar-refractivity contribution in [3.8, 4) is 11.4 Å². The molecule has 9 heteroatoms. The average molecular weight is 423 g/mol. The molecule has 0 saturated carbocycles. The number of halogens is 1. The molecule has 1 amide bonds. The molecule has 1 N–H and O–H groups in total. The third-order valence-corrected chi connectivity index (χ3v) is 5.37. The molecular weight excluding hydrogens is 405 g/mol. The van der Waals surface area contributed by atoms with Crippen LogP contribution in [-0.2, 0) is 4.79 Å². The Morgan fingerprint density at radius 3 is 2.60 bits per heavy atom. The Labute approximate surface area is 175 Å². The van der Waals surface area contributed by atoms with Crippen molar-refractivity contribution in [1.29, 1.82) is 0 Å². The van der Waals surface area contributed by atoms with Gasteiger partial charge in [-0.2, -0.15) is 0 Å². The average Bonchev–Trinajstić information content (AvgIpc) is 3.14. The number of carbonyl (C=O) groups excluding carboxylic acids is 1. The van der Waals surface area contributed by atoms with Crippen molar-refractivity contribution in [3.63, 3.8) is 0 Å². The fourth-order valence-corrected chi connectivity index (χ4v) is 3.89. The number of H-pyrrole nitrogens is 1. The Hall–Kier alpha value is -3.46. The van der Waals surface area contributed by atoms with Gasteiger partial charge in [0.05, 0.1) is 11.3 Å². The van der Waals surface area contributed by atoms with E-state index in [1.165, 1.54) is 16.6 Å². The van der Waals surface area contributed by atoms with Crippen LogP contribution >= 0.6 is 11.8 Å². The van der Waals surface area contributed by atoms with E-state index in [2.05, 4.69) is 15.1 Å². The quantitative estimate of drug-likeness (QED) is 0.481. The van der Waals surface area contributed by atoms with Crippen LogP contribution in [0.1, 0.15) is 6.92 Å². The predicted molar refractivity (Wildman–Crippen MR) is 114 cm³/mol. The molecule has 0 aliphatic heterocycles. The molecule has 0 aliphatic rings. The molecule has 2 aromatic carbocycles. The zero-order valence-corrected chi connectivity index (χ0v) is 16.9. The second kappa shape index (κ2) is 8.50. The van der Waals surface area contributed by atoms with E-state index in [1.54, 1.807) is 23.1 Å². The monoisotopic (exact) mass is 423 g/mol. The number of aromatic nitrogens is 4. The van der Waals surface area contributed by atoms with Gasteiger partial charge in [-0.25, -0.2) is 18.9 Å². The van der Waals surface area contributed by atoms with Gasteiger partial charge in [0, 0.05) is 18.3 Å². The van der Waals surface area contributed by atoms with E-state index in [0.29, 0.717) is 17.3 Å². The number of rotatable bonds is 6. The summed E-state index contributed by atoms with van der Waals surface area (Å²) in [5, 5.41) is 2.96. The number of benzene rings is 2. The molecule has 0 spiro atoms. The number of nitrogens with one attached hydrogen (secondary N) is 1. The van der Waals surface area contributed by atoms with Crippen molar-refractivity contribution < 1.29 is 9.18 Å². The van der Waals surface area contributed by atoms with Crippen molar-refractivity contribution >= 4 is 29.0 Å². The van der Waals surface area contributed by atoms with E-state index in [9.17, 15) is 14.0 Å². The minimum absolute atomic E-state index is 0.0891. The highest BCUT2D eigenvalue weighted by Gasteiger charge is 2.18. The molecule has 2 aromatic heterocycles. The number of hydrogen-bond acceptors (Lipinski definition) is 5. The highest BCUT2D eigenvalue weighted by Crippen LogP contribution is 2.24. The van der Waals surface area contributed by atoms with E-state index < -0.39 is 5.82 Å². The van der Waals surface area contributed by atoms with Gasteiger partial charge in [0.25, 0.3) is 5.56 Å². The van der Waals surface area contributed by atoms with Gasteiger partial charge in [-0.05, 0) is 31.2 Å². The summed E-state index contributed by atoms with van der Waals surface area (Å²) in [5.41, 5.74) is 0.974. The number of thioether (sulfide) groups is 1. The maximum atomic E-state index is 14.2. The van der Waals surface area contributed by atoms with Crippen LogP contribution < -0.4 is 10.5 Å². The molecule has 4 aromatic rings. The summed E-state index contributed by atoms with van der Waals surface area (Å²) in [4.78, 5) is 35.0. The predicted octanol–water partition coefficient (Wildman–Crippen LogP) is 3.37. The summed E-state index contributed by atoms with van der Waals surface area (Å²) >= 11 is 1.15. The lowest BCUT2D eigenvalue weighted by Gasteiger charge is -2.20. The van der Waals surface area contributed by atoms with Gasteiger partial charge in [0.2, 0.25) is 5.91 Å². The van der Waals surface area contributed by atoms with Gasteiger partial charge in [-0.15, -0.1) is 0 Å². The van der Waals surface area contributed by atoms with Crippen molar-refractivity contribution in [2.24, 2.45) is 0 Å². The molecule has 7 nitrogen and oxygen atoms in total. The SMILES string of the molecule is CCN(C(=O)CSc1nc(-c2ccccc2F)nc2cc(=O)[nH]n12)c1ccccc1. The van der Waals surface area contributed by atoms with Crippen LogP contribution in [0, 0.1) is 5.82 Å². The number of carbonyl (C=O) groups is 1. The van der Waals surface area contributed by atoms with Crippen LogP contribution in [-0.4, -0.2) is 37.8 Å². The van der Waals surface area contributed by atoms with Crippen LogP contribution in [0.3, 0.4) is 0 Å². The van der Waals surface area contributed by atoms with Crippen LogP contribution in [0.25, 0.3) is 17.0 Å². The van der Waals surface area contributed by atoms with E-state index >= 15 is 0 Å². The third-order valence-electron chi connectivity index (χ3n) is 4.45. The van der Waals surface area contributed by atoms with E-state index in [1.807, 2.05) is 37.3 Å². The molecule has 4 rings (SSSR count). The number of nitrogens with zero attached hydrogens (tertiary/aromatic N) is 4. The summed E-state index contributed by atoms with van der Waals surface area (Å²) in [6.45, 7) is 2.42. The zero-order chi connectivity index (χ0) is 21.1. The van der Waals surface area contributed by atoms with Gasteiger partial charge in [0.15, 0.2) is 16.6 Å². The molecule has 0 unspecified atom stereocenters. The van der Waals surface area contributed by atoms with Crippen LogP contribution in [0.4, 0.5) is 10.1 Å². The van der Waals surface area contributed by atoms with E-state index in [0.717, 1.165) is 17.4 Å². The number of anilines is 1. The molecule has 152 valence electrons. The van der Waals surface area contributed by atoms with E-state index in [-0.39, 0.29) is 28.6 Å². The molecular formula is C21H18FN5O2S. The van der Waals surface area contributed by atoms with Crippen molar-refractivity contribution in [2.45, 2.75) is 12.1 Å². The lowest BCUT2D eigenvalue weighted by molar-refractivity contribution is -0.116. The van der Waals surface area contributed by atoms with E-state index in [4.69, 9.17) is 0 Å². The largest absolute Gasteiger partial charge is 0.312 e. The summed E-state index contributed by atoms with van der Waals surface area (Å²) in [7, 11) is 0.